The lowest BCUT2D eigenvalue weighted by molar-refractivity contribution is 0.174. The molecule has 1 aromatic carbocycles. The molecule has 2 aromatic rings. The maximum Gasteiger partial charge on any atom is 0.258 e. The quantitative estimate of drug-likeness (QED) is 0.796. The number of benzene rings is 1. The highest BCUT2D eigenvalue weighted by molar-refractivity contribution is 5.62. The van der Waals surface area contributed by atoms with Crippen LogP contribution in [-0.2, 0) is 11.3 Å². The van der Waals surface area contributed by atoms with Crippen LogP contribution in [0.25, 0.3) is 11.5 Å². The number of nitrogens with zero attached hydrogens (tertiary/aromatic N) is 2. The number of hydrogen-bond donors (Lipinski definition) is 1. The zero-order valence-corrected chi connectivity index (χ0v) is 9.23. The second-order valence-corrected chi connectivity index (χ2v) is 3.52. The minimum atomic E-state index is 0.338. The molecule has 0 atom stereocenters. The van der Waals surface area contributed by atoms with Gasteiger partial charge in [-0.1, -0.05) is 11.2 Å². The number of ether oxygens (including phenoxy) is 1. The zero-order valence-electron chi connectivity index (χ0n) is 9.23. The lowest BCUT2D eigenvalue weighted by atomic mass is 10.1. The fraction of sp³-hybridized carbons (Fsp3) is 0.273. The van der Waals surface area contributed by atoms with Gasteiger partial charge in [-0.3, -0.25) is 0 Å². The Kier molecular flexibility index (Phi) is 2.87. The predicted octanol–water partition coefficient (Wildman–Crippen LogP) is 1.77. The summed E-state index contributed by atoms with van der Waals surface area (Å²) in [6.45, 7) is 2.29. The van der Waals surface area contributed by atoms with Gasteiger partial charge in [0.05, 0.1) is 0 Å². The van der Waals surface area contributed by atoms with E-state index in [-0.39, 0.29) is 0 Å². The number of aromatic nitrogens is 2. The molecule has 0 spiro atoms. The third kappa shape index (κ3) is 2.04. The maximum absolute atomic E-state index is 5.81. The Labute approximate surface area is 93.2 Å². The van der Waals surface area contributed by atoms with Crippen LogP contribution in [0, 0.1) is 6.92 Å². The van der Waals surface area contributed by atoms with Gasteiger partial charge in [0.25, 0.3) is 5.89 Å². The molecule has 0 saturated carbocycles. The van der Waals surface area contributed by atoms with Crippen molar-refractivity contribution in [2.24, 2.45) is 0 Å². The standard InChI is InChI=1S/C11H13N3O2/c1-7-3-4-8(5-9(7)12)11-13-10(6-15-2)14-16-11/h3-5H,6,12H2,1-2H3. The lowest BCUT2D eigenvalue weighted by Crippen LogP contribution is -1.91. The summed E-state index contributed by atoms with van der Waals surface area (Å²) in [5, 5.41) is 3.78. The number of nitrogen functional groups attached to an aromatic ring is 1. The van der Waals surface area contributed by atoms with Crippen molar-refractivity contribution in [3.05, 3.63) is 29.6 Å². The van der Waals surface area contributed by atoms with Crippen molar-refractivity contribution in [3.8, 4) is 11.5 Å². The normalized spacial score (nSPS) is 10.6. The topological polar surface area (TPSA) is 74.2 Å². The zero-order chi connectivity index (χ0) is 11.5. The number of rotatable bonds is 3. The second kappa shape index (κ2) is 4.32. The number of methoxy groups -OCH3 is 1. The molecule has 84 valence electrons. The van der Waals surface area contributed by atoms with E-state index in [2.05, 4.69) is 10.1 Å². The summed E-state index contributed by atoms with van der Waals surface area (Å²) >= 11 is 0. The fourth-order valence-corrected chi connectivity index (χ4v) is 1.33. The first-order valence-electron chi connectivity index (χ1n) is 4.88. The van der Waals surface area contributed by atoms with Crippen LogP contribution >= 0.6 is 0 Å². The molecule has 5 nitrogen and oxygen atoms in total. The summed E-state index contributed by atoms with van der Waals surface area (Å²) in [5.41, 5.74) is 8.37. The summed E-state index contributed by atoms with van der Waals surface area (Å²) < 4.78 is 10.0. The van der Waals surface area contributed by atoms with Crippen LogP contribution < -0.4 is 5.73 Å². The molecule has 2 N–H and O–H groups in total. The molecule has 0 radical (unpaired) electrons. The Bertz CT molecular complexity index is 494. The molecule has 0 unspecified atom stereocenters. The molecule has 5 heteroatoms. The Hall–Kier alpha value is -1.88. The first kappa shape index (κ1) is 10.6. The third-order valence-electron chi connectivity index (χ3n) is 2.27. The van der Waals surface area contributed by atoms with Crippen molar-refractivity contribution in [3.63, 3.8) is 0 Å². The van der Waals surface area contributed by atoms with Crippen molar-refractivity contribution in [2.45, 2.75) is 13.5 Å². The minimum Gasteiger partial charge on any atom is -0.398 e. The Morgan fingerprint density at radius 3 is 2.94 bits per heavy atom. The summed E-state index contributed by atoms with van der Waals surface area (Å²) in [6, 6.07) is 5.64. The van der Waals surface area contributed by atoms with Gasteiger partial charge in [0.2, 0.25) is 0 Å². The van der Waals surface area contributed by atoms with Crippen LogP contribution in [0.3, 0.4) is 0 Å². The van der Waals surface area contributed by atoms with Crippen molar-refractivity contribution < 1.29 is 9.26 Å². The molecule has 1 heterocycles. The van der Waals surface area contributed by atoms with Gasteiger partial charge in [-0.05, 0) is 24.6 Å². The number of anilines is 1. The highest BCUT2D eigenvalue weighted by Crippen LogP contribution is 2.22. The summed E-state index contributed by atoms with van der Waals surface area (Å²) in [5.74, 6) is 0.982. The second-order valence-electron chi connectivity index (χ2n) is 3.52. The molecular weight excluding hydrogens is 206 g/mol. The molecule has 0 aliphatic rings. The van der Waals surface area contributed by atoms with Gasteiger partial charge < -0.3 is 15.0 Å². The summed E-state index contributed by atoms with van der Waals surface area (Å²) in [7, 11) is 1.58. The van der Waals surface area contributed by atoms with Crippen LogP contribution in [0.4, 0.5) is 5.69 Å². The summed E-state index contributed by atoms with van der Waals surface area (Å²) in [6.07, 6.45) is 0. The smallest absolute Gasteiger partial charge is 0.258 e. The van der Waals surface area contributed by atoms with Gasteiger partial charge in [0, 0.05) is 18.4 Å². The molecule has 0 fully saturated rings. The Morgan fingerprint density at radius 2 is 2.25 bits per heavy atom. The van der Waals surface area contributed by atoms with Gasteiger partial charge >= 0.3 is 0 Å². The minimum absolute atomic E-state index is 0.338. The number of aryl methyl sites for hydroxylation is 1. The van der Waals surface area contributed by atoms with Gasteiger partial charge in [-0.15, -0.1) is 0 Å². The van der Waals surface area contributed by atoms with E-state index in [1.807, 2.05) is 25.1 Å². The Balaban J connectivity index is 2.31. The van der Waals surface area contributed by atoms with Gasteiger partial charge in [-0.25, -0.2) is 0 Å². The number of nitrogens with two attached hydrogens (primary N) is 1. The van der Waals surface area contributed by atoms with Crippen molar-refractivity contribution >= 4 is 5.69 Å². The van der Waals surface area contributed by atoms with Crippen LogP contribution in [0.5, 0.6) is 0 Å². The molecule has 0 saturated heterocycles. The van der Waals surface area contributed by atoms with E-state index in [0.29, 0.717) is 24.0 Å². The van der Waals surface area contributed by atoms with Crippen molar-refractivity contribution in [1.82, 2.24) is 10.1 Å². The SMILES string of the molecule is COCc1noc(-c2ccc(C)c(N)c2)n1. The maximum atomic E-state index is 5.81. The lowest BCUT2D eigenvalue weighted by Gasteiger charge is -2.00. The van der Waals surface area contributed by atoms with E-state index in [0.717, 1.165) is 11.1 Å². The molecule has 2 rings (SSSR count). The molecule has 0 aliphatic heterocycles. The molecular formula is C11H13N3O2. The van der Waals surface area contributed by atoms with Crippen LogP contribution in [0.2, 0.25) is 0 Å². The van der Waals surface area contributed by atoms with E-state index in [9.17, 15) is 0 Å². The predicted molar refractivity (Wildman–Crippen MR) is 59.6 cm³/mol. The average molecular weight is 219 g/mol. The van der Waals surface area contributed by atoms with E-state index in [1.165, 1.54) is 0 Å². The van der Waals surface area contributed by atoms with E-state index in [1.54, 1.807) is 7.11 Å². The molecule has 0 bridgehead atoms. The fourth-order valence-electron chi connectivity index (χ4n) is 1.33. The average Bonchev–Trinajstić information content (AvgIpc) is 2.71. The monoisotopic (exact) mass is 219 g/mol. The van der Waals surface area contributed by atoms with Crippen LogP contribution in [0.1, 0.15) is 11.4 Å². The van der Waals surface area contributed by atoms with E-state index in [4.69, 9.17) is 15.0 Å². The van der Waals surface area contributed by atoms with Crippen LogP contribution in [0.15, 0.2) is 22.7 Å². The summed E-state index contributed by atoms with van der Waals surface area (Å²) in [4.78, 5) is 4.18. The largest absolute Gasteiger partial charge is 0.398 e. The van der Waals surface area contributed by atoms with Crippen molar-refractivity contribution in [2.75, 3.05) is 12.8 Å². The molecule has 1 aromatic heterocycles. The molecule has 0 amide bonds. The van der Waals surface area contributed by atoms with Gasteiger partial charge in [-0.2, -0.15) is 4.98 Å². The van der Waals surface area contributed by atoms with Crippen molar-refractivity contribution in [1.29, 1.82) is 0 Å². The van der Waals surface area contributed by atoms with E-state index < -0.39 is 0 Å². The number of hydrogen-bond acceptors (Lipinski definition) is 5. The molecule has 16 heavy (non-hydrogen) atoms. The first-order chi connectivity index (χ1) is 7.70. The van der Waals surface area contributed by atoms with E-state index >= 15 is 0 Å². The first-order valence-corrected chi connectivity index (χ1v) is 4.88. The Morgan fingerprint density at radius 1 is 1.44 bits per heavy atom. The molecule has 0 aliphatic carbocycles. The van der Waals surface area contributed by atoms with Crippen LogP contribution in [-0.4, -0.2) is 17.3 Å². The highest BCUT2D eigenvalue weighted by Gasteiger charge is 2.09. The van der Waals surface area contributed by atoms with Gasteiger partial charge in [0.1, 0.15) is 6.61 Å². The highest BCUT2D eigenvalue weighted by atomic mass is 16.5. The third-order valence-corrected chi connectivity index (χ3v) is 2.27. The van der Waals surface area contributed by atoms with Gasteiger partial charge in [0.15, 0.2) is 5.82 Å².